The Morgan fingerprint density at radius 1 is 1.17 bits per heavy atom. The highest BCUT2D eigenvalue weighted by Crippen LogP contribution is 2.38. The minimum Gasteiger partial charge on any atom is -0.508 e. The van der Waals surface area contributed by atoms with E-state index < -0.39 is 13.9 Å². The van der Waals surface area contributed by atoms with Gasteiger partial charge in [0.1, 0.15) is 11.5 Å². The third-order valence-electron chi connectivity index (χ3n) is 3.63. The van der Waals surface area contributed by atoms with Crippen LogP contribution in [0, 0.1) is 0 Å². The van der Waals surface area contributed by atoms with E-state index in [4.69, 9.17) is 9.79 Å². The van der Waals surface area contributed by atoms with E-state index in [1.54, 1.807) is 24.3 Å². The molecule has 0 saturated carbocycles. The summed E-state index contributed by atoms with van der Waals surface area (Å²) in [5, 5.41) is 29.1. The molecule has 1 aliphatic carbocycles. The van der Waals surface area contributed by atoms with Crippen LogP contribution < -0.4 is 0 Å². The summed E-state index contributed by atoms with van der Waals surface area (Å²) < 4.78 is 14.4. The number of nitrogens with zero attached hydrogens (tertiary/aromatic N) is 1. The molecule has 130 valence electrons. The fraction of sp³-hybridized carbons (Fsp3) is 0.312. The van der Waals surface area contributed by atoms with Crippen molar-refractivity contribution >= 4 is 13.5 Å². The lowest BCUT2D eigenvalue weighted by atomic mass is 9.93. The molecular formula is C16H20NO6P. The zero-order valence-corrected chi connectivity index (χ0v) is 13.8. The predicted molar refractivity (Wildman–Crippen MR) is 89.9 cm³/mol. The molecule has 0 heterocycles. The van der Waals surface area contributed by atoms with Crippen molar-refractivity contribution in [1.82, 2.24) is 0 Å². The van der Waals surface area contributed by atoms with Gasteiger partial charge in [0.05, 0.1) is 11.8 Å². The monoisotopic (exact) mass is 353 g/mol. The van der Waals surface area contributed by atoms with Crippen LogP contribution >= 0.6 is 7.75 Å². The number of hydrogen-bond acceptors (Lipinski definition) is 4. The average Bonchev–Trinajstić information content (AvgIpc) is 2.49. The number of hydrogen-bond donors (Lipinski definition) is 5. The number of aromatic hydroxyl groups is 1. The number of rotatable bonds is 6. The summed E-state index contributed by atoms with van der Waals surface area (Å²) in [6, 6.07) is 6.75. The first-order chi connectivity index (χ1) is 11.2. The van der Waals surface area contributed by atoms with E-state index in [0.717, 1.165) is 5.56 Å². The minimum absolute atomic E-state index is 0.0534. The summed E-state index contributed by atoms with van der Waals surface area (Å²) in [7, 11) is -4.61. The van der Waals surface area contributed by atoms with E-state index in [-0.39, 0.29) is 29.2 Å². The molecule has 2 rings (SSSR count). The first-order valence-corrected chi connectivity index (χ1v) is 9.03. The summed E-state index contributed by atoms with van der Waals surface area (Å²) >= 11 is 0. The molecule has 0 aromatic heterocycles. The van der Waals surface area contributed by atoms with Crippen LogP contribution in [0.25, 0.3) is 0 Å². The van der Waals surface area contributed by atoms with Crippen molar-refractivity contribution in [2.75, 3.05) is 0 Å². The van der Waals surface area contributed by atoms with Crippen molar-refractivity contribution < 1.29 is 29.7 Å². The van der Waals surface area contributed by atoms with E-state index in [1.807, 2.05) is 0 Å². The van der Waals surface area contributed by atoms with Gasteiger partial charge in [0, 0.05) is 12.0 Å². The van der Waals surface area contributed by atoms with Gasteiger partial charge in [-0.15, -0.1) is 0 Å². The van der Waals surface area contributed by atoms with E-state index in [9.17, 15) is 19.9 Å². The average molecular weight is 353 g/mol. The number of aryl methyl sites for hydroxylation is 1. The zero-order chi connectivity index (χ0) is 17.7. The fourth-order valence-corrected chi connectivity index (χ4v) is 2.99. The molecule has 0 spiro atoms. The van der Waals surface area contributed by atoms with Gasteiger partial charge in [-0.1, -0.05) is 12.1 Å². The molecule has 1 aromatic carbocycles. The van der Waals surface area contributed by atoms with Crippen molar-refractivity contribution in [3.8, 4) is 5.75 Å². The van der Waals surface area contributed by atoms with Crippen LogP contribution in [-0.4, -0.2) is 36.9 Å². The molecule has 24 heavy (non-hydrogen) atoms. The summed E-state index contributed by atoms with van der Waals surface area (Å²) in [5.74, 6) is 0.124. The van der Waals surface area contributed by atoms with Crippen molar-refractivity contribution in [2.45, 2.75) is 31.8 Å². The maximum absolute atomic E-state index is 11.1. The Morgan fingerprint density at radius 2 is 1.83 bits per heavy atom. The van der Waals surface area contributed by atoms with E-state index in [2.05, 4.69) is 4.76 Å². The third kappa shape index (κ3) is 5.62. The Labute approximate surface area is 139 Å². The van der Waals surface area contributed by atoms with Crippen LogP contribution in [0.5, 0.6) is 5.75 Å². The number of allylic oxidation sites excluding steroid dienone is 2. The Balaban J connectivity index is 2.01. The number of aliphatic hydroxyl groups is 2. The van der Waals surface area contributed by atoms with Gasteiger partial charge >= 0.3 is 7.75 Å². The SMILES string of the molecule is O=P(O)(O)N=C1CC=C(O)C=C1C(O)CCCc1ccc(O)cc1. The lowest BCUT2D eigenvalue weighted by Crippen LogP contribution is -2.20. The summed E-state index contributed by atoms with van der Waals surface area (Å²) in [5.41, 5.74) is 1.31. The maximum atomic E-state index is 11.1. The summed E-state index contributed by atoms with van der Waals surface area (Å²) in [6.07, 6.45) is 3.37. The van der Waals surface area contributed by atoms with Crippen LogP contribution in [0.3, 0.4) is 0 Å². The fourth-order valence-electron chi connectivity index (χ4n) is 2.48. The largest absolute Gasteiger partial charge is 0.508 e. The quantitative estimate of drug-likeness (QED) is 0.499. The molecule has 8 heteroatoms. The van der Waals surface area contributed by atoms with Crippen LogP contribution in [-0.2, 0) is 11.0 Å². The zero-order valence-electron chi connectivity index (χ0n) is 12.9. The topological polar surface area (TPSA) is 131 Å². The number of phenolic OH excluding ortho intramolecular Hbond substituents is 1. The molecule has 0 fully saturated rings. The second kappa shape index (κ2) is 7.77. The van der Waals surface area contributed by atoms with Gasteiger partial charge in [0.2, 0.25) is 0 Å². The van der Waals surface area contributed by atoms with Gasteiger partial charge in [-0.25, -0.2) is 4.57 Å². The standard InChI is InChI=1S/C16H20NO6P/c18-12-6-4-11(5-7-12)2-1-3-16(20)14-10-13(19)8-9-15(14)17-24(21,22)23/h4-8,10,16,18-20H,1-3,9H2,(H2,21,22,23). The van der Waals surface area contributed by atoms with Gasteiger partial charge in [-0.05, 0) is 49.1 Å². The van der Waals surface area contributed by atoms with E-state index in [1.165, 1.54) is 12.2 Å². The van der Waals surface area contributed by atoms with Gasteiger partial charge in [-0.3, -0.25) is 0 Å². The molecule has 7 nitrogen and oxygen atoms in total. The van der Waals surface area contributed by atoms with Gasteiger partial charge in [0.25, 0.3) is 0 Å². The van der Waals surface area contributed by atoms with Gasteiger partial charge < -0.3 is 25.1 Å². The lowest BCUT2D eigenvalue weighted by molar-refractivity contribution is 0.202. The van der Waals surface area contributed by atoms with Crippen molar-refractivity contribution in [3.05, 3.63) is 53.3 Å². The van der Waals surface area contributed by atoms with E-state index >= 15 is 0 Å². The van der Waals surface area contributed by atoms with Crippen LogP contribution in [0.15, 0.2) is 52.5 Å². The lowest BCUT2D eigenvalue weighted by Gasteiger charge is -2.19. The predicted octanol–water partition coefficient (Wildman–Crippen LogP) is 2.38. The number of phenols is 1. The van der Waals surface area contributed by atoms with Crippen LogP contribution in [0.1, 0.15) is 24.8 Å². The molecule has 1 unspecified atom stereocenters. The van der Waals surface area contributed by atoms with Crippen LogP contribution in [0.2, 0.25) is 0 Å². The Bertz CT molecular complexity index is 717. The third-order valence-corrected chi connectivity index (χ3v) is 4.13. The van der Waals surface area contributed by atoms with Gasteiger partial charge in [0.15, 0.2) is 0 Å². The molecular weight excluding hydrogens is 333 g/mol. The number of benzene rings is 1. The molecule has 0 saturated heterocycles. The normalized spacial score (nSPS) is 18.2. The second-order valence-corrected chi connectivity index (χ2v) is 6.79. The molecule has 1 aromatic rings. The Kier molecular flexibility index (Phi) is 5.96. The molecule has 1 aliphatic rings. The molecule has 0 bridgehead atoms. The highest BCUT2D eigenvalue weighted by Gasteiger charge is 2.23. The van der Waals surface area contributed by atoms with Crippen LogP contribution in [0.4, 0.5) is 0 Å². The molecule has 1 atom stereocenters. The van der Waals surface area contributed by atoms with Crippen molar-refractivity contribution in [1.29, 1.82) is 0 Å². The Hall–Kier alpha value is -1.92. The highest BCUT2D eigenvalue weighted by atomic mass is 31.2. The van der Waals surface area contributed by atoms with E-state index in [0.29, 0.717) is 19.3 Å². The Morgan fingerprint density at radius 3 is 2.46 bits per heavy atom. The molecule has 5 N–H and O–H groups in total. The number of aliphatic hydroxyl groups excluding tert-OH is 2. The highest BCUT2D eigenvalue weighted by molar-refractivity contribution is 7.50. The first kappa shape index (κ1) is 18.4. The van der Waals surface area contributed by atoms with Gasteiger partial charge in [-0.2, -0.15) is 4.76 Å². The molecule has 0 amide bonds. The second-order valence-electron chi connectivity index (χ2n) is 5.57. The molecule has 0 aliphatic heterocycles. The van der Waals surface area contributed by atoms with Crippen molar-refractivity contribution in [2.24, 2.45) is 4.76 Å². The minimum atomic E-state index is -4.61. The smallest absolute Gasteiger partial charge is 0.448 e. The summed E-state index contributed by atoms with van der Waals surface area (Å²) in [4.78, 5) is 18.0. The van der Waals surface area contributed by atoms with Crippen molar-refractivity contribution in [3.63, 3.8) is 0 Å². The first-order valence-electron chi connectivity index (χ1n) is 7.46. The molecule has 0 radical (unpaired) electrons. The summed E-state index contributed by atoms with van der Waals surface area (Å²) in [6.45, 7) is 0. The maximum Gasteiger partial charge on any atom is 0.448 e.